The van der Waals surface area contributed by atoms with Crippen LogP contribution < -0.4 is 11.1 Å². The average molecular weight is 245 g/mol. The van der Waals surface area contributed by atoms with Crippen molar-refractivity contribution in [3.63, 3.8) is 0 Å². The fourth-order valence-corrected chi connectivity index (χ4v) is 2.18. The van der Waals surface area contributed by atoms with Gasteiger partial charge in [-0.1, -0.05) is 5.16 Å². The van der Waals surface area contributed by atoms with Crippen molar-refractivity contribution in [2.24, 2.45) is 0 Å². The number of aromatic nitrogens is 1. The predicted octanol–water partition coefficient (Wildman–Crippen LogP) is 0.930. The van der Waals surface area contributed by atoms with Crippen LogP contribution in [0.4, 0.5) is 5.69 Å². The summed E-state index contributed by atoms with van der Waals surface area (Å²) in [5.41, 5.74) is 7.34. The highest BCUT2D eigenvalue weighted by Gasteiger charge is 2.31. The van der Waals surface area contributed by atoms with Crippen LogP contribution in [0.15, 0.2) is 22.7 Å². The number of carbonyl (C=O) groups is 2. The first-order valence-electron chi connectivity index (χ1n) is 5.63. The van der Waals surface area contributed by atoms with Crippen molar-refractivity contribution < 1.29 is 14.1 Å². The van der Waals surface area contributed by atoms with Gasteiger partial charge in [0.15, 0.2) is 5.58 Å². The zero-order valence-corrected chi connectivity index (χ0v) is 9.47. The summed E-state index contributed by atoms with van der Waals surface area (Å²) in [6, 6.07) is 5.17. The van der Waals surface area contributed by atoms with E-state index in [9.17, 15) is 9.59 Å². The lowest BCUT2D eigenvalue weighted by Gasteiger charge is -2.18. The first-order chi connectivity index (χ1) is 8.65. The molecule has 1 aromatic heterocycles. The molecule has 1 unspecified atom stereocenters. The molecule has 2 heterocycles. The van der Waals surface area contributed by atoms with Gasteiger partial charge >= 0.3 is 0 Å². The number of rotatable bonds is 1. The largest absolute Gasteiger partial charge is 0.399 e. The Labute approximate surface area is 102 Å². The molecule has 1 saturated heterocycles. The van der Waals surface area contributed by atoms with Crippen LogP contribution in [0.2, 0.25) is 0 Å². The van der Waals surface area contributed by atoms with E-state index in [1.807, 2.05) is 0 Å². The van der Waals surface area contributed by atoms with Gasteiger partial charge in [0, 0.05) is 23.6 Å². The summed E-state index contributed by atoms with van der Waals surface area (Å²) in [5, 5.41) is 7.01. The summed E-state index contributed by atoms with van der Waals surface area (Å²) in [6.45, 7) is 0. The number of nitrogens with two attached hydrogens (primary N) is 1. The third kappa shape index (κ3) is 1.62. The van der Waals surface area contributed by atoms with Gasteiger partial charge in [0.05, 0.1) is 5.92 Å². The Morgan fingerprint density at radius 1 is 1.39 bits per heavy atom. The predicted molar refractivity (Wildman–Crippen MR) is 63.5 cm³/mol. The quantitative estimate of drug-likeness (QED) is 0.575. The highest BCUT2D eigenvalue weighted by Crippen LogP contribution is 2.30. The first-order valence-corrected chi connectivity index (χ1v) is 5.63. The lowest BCUT2D eigenvalue weighted by molar-refractivity contribution is -0.134. The zero-order valence-electron chi connectivity index (χ0n) is 9.47. The van der Waals surface area contributed by atoms with Gasteiger partial charge in [-0.2, -0.15) is 0 Å². The van der Waals surface area contributed by atoms with Crippen LogP contribution in [0.5, 0.6) is 0 Å². The molecule has 2 aromatic rings. The molecule has 1 aliphatic heterocycles. The van der Waals surface area contributed by atoms with Gasteiger partial charge in [-0.25, -0.2) is 0 Å². The van der Waals surface area contributed by atoms with E-state index in [1.54, 1.807) is 18.2 Å². The maximum absolute atomic E-state index is 11.8. The van der Waals surface area contributed by atoms with Crippen LogP contribution in [-0.4, -0.2) is 17.0 Å². The van der Waals surface area contributed by atoms with E-state index in [0.717, 1.165) is 5.39 Å². The Kier molecular flexibility index (Phi) is 2.29. The number of nitrogens with one attached hydrogen (secondary N) is 1. The molecule has 1 atom stereocenters. The van der Waals surface area contributed by atoms with Gasteiger partial charge < -0.3 is 10.3 Å². The average Bonchev–Trinajstić information content (AvgIpc) is 2.72. The Hall–Kier alpha value is -2.37. The van der Waals surface area contributed by atoms with E-state index in [-0.39, 0.29) is 11.8 Å². The summed E-state index contributed by atoms with van der Waals surface area (Å²) in [7, 11) is 0. The van der Waals surface area contributed by atoms with E-state index in [0.29, 0.717) is 29.8 Å². The number of hydrogen-bond acceptors (Lipinski definition) is 5. The van der Waals surface area contributed by atoms with Crippen molar-refractivity contribution in [2.75, 3.05) is 5.73 Å². The SMILES string of the molecule is Nc1ccc2c(C3CCC(=O)NC3=O)noc2c1. The van der Waals surface area contributed by atoms with Crippen LogP contribution in [0.3, 0.4) is 0 Å². The van der Waals surface area contributed by atoms with Crippen molar-refractivity contribution in [1.29, 1.82) is 0 Å². The van der Waals surface area contributed by atoms with Crippen LogP contribution in [-0.2, 0) is 9.59 Å². The van der Waals surface area contributed by atoms with E-state index in [2.05, 4.69) is 10.5 Å². The number of amides is 2. The number of anilines is 1. The molecule has 18 heavy (non-hydrogen) atoms. The van der Waals surface area contributed by atoms with Crippen LogP contribution in [0.25, 0.3) is 11.0 Å². The summed E-state index contributed by atoms with van der Waals surface area (Å²) in [6.07, 6.45) is 0.774. The summed E-state index contributed by atoms with van der Waals surface area (Å²) in [4.78, 5) is 22.9. The lowest BCUT2D eigenvalue weighted by Crippen LogP contribution is -2.39. The number of piperidine rings is 1. The third-order valence-corrected chi connectivity index (χ3v) is 3.09. The smallest absolute Gasteiger partial charge is 0.235 e. The molecule has 0 saturated carbocycles. The second-order valence-corrected chi connectivity index (χ2v) is 4.33. The van der Waals surface area contributed by atoms with Gasteiger partial charge in [-0.3, -0.25) is 14.9 Å². The second kappa shape index (κ2) is 3.83. The molecule has 1 aliphatic rings. The van der Waals surface area contributed by atoms with Crippen molar-refractivity contribution in [1.82, 2.24) is 10.5 Å². The molecule has 1 fully saturated rings. The fraction of sp³-hybridized carbons (Fsp3) is 0.250. The van der Waals surface area contributed by atoms with Crippen molar-refractivity contribution >= 4 is 28.5 Å². The molecule has 3 N–H and O–H groups in total. The van der Waals surface area contributed by atoms with Gasteiger partial charge in [0.2, 0.25) is 11.8 Å². The maximum Gasteiger partial charge on any atom is 0.235 e. The van der Waals surface area contributed by atoms with Gasteiger partial charge in [0.25, 0.3) is 0 Å². The van der Waals surface area contributed by atoms with Crippen LogP contribution in [0, 0.1) is 0 Å². The minimum Gasteiger partial charge on any atom is -0.399 e. The van der Waals surface area contributed by atoms with Crippen LogP contribution in [0.1, 0.15) is 24.5 Å². The van der Waals surface area contributed by atoms with E-state index >= 15 is 0 Å². The molecule has 6 nitrogen and oxygen atoms in total. The molecule has 0 radical (unpaired) electrons. The summed E-state index contributed by atoms with van der Waals surface area (Å²) in [5.74, 6) is -1.00. The highest BCUT2D eigenvalue weighted by atomic mass is 16.5. The van der Waals surface area contributed by atoms with Gasteiger partial charge in [-0.15, -0.1) is 0 Å². The third-order valence-electron chi connectivity index (χ3n) is 3.09. The second-order valence-electron chi connectivity index (χ2n) is 4.33. The summed E-state index contributed by atoms with van der Waals surface area (Å²) < 4.78 is 5.16. The number of carbonyl (C=O) groups excluding carboxylic acids is 2. The fourth-order valence-electron chi connectivity index (χ4n) is 2.18. The van der Waals surface area contributed by atoms with Crippen LogP contribution >= 0.6 is 0 Å². The molecule has 0 aliphatic carbocycles. The molecule has 0 spiro atoms. The van der Waals surface area contributed by atoms with Crippen molar-refractivity contribution in [2.45, 2.75) is 18.8 Å². The molecule has 3 rings (SSSR count). The number of benzene rings is 1. The molecule has 2 amide bonds. The Balaban J connectivity index is 2.04. The molecule has 92 valence electrons. The molecule has 0 bridgehead atoms. The molecular formula is C12H11N3O3. The molecular weight excluding hydrogens is 234 g/mol. The standard InChI is InChI=1S/C12H11N3O3/c13-6-1-2-7-9(5-6)18-15-11(7)8-3-4-10(16)14-12(8)17/h1-2,5,8H,3-4,13H2,(H,14,16,17). The number of nitrogen functional groups attached to an aromatic ring is 1. The topological polar surface area (TPSA) is 98.2 Å². The summed E-state index contributed by atoms with van der Waals surface area (Å²) >= 11 is 0. The zero-order chi connectivity index (χ0) is 12.7. The maximum atomic E-state index is 11.8. The molecule has 1 aromatic carbocycles. The van der Waals surface area contributed by atoms with Crippen molar-refractivity contribution in [3.05, 3.63) is 23.9 Å². The van der Waals surface area contributed by atoms with Gasteiger partial charge in [-0.05, 0) is 18.6 Å². The Morgan fingerprint density at radius 2 is 2.22 bits per heavy atom. The Bertz CT molecular complexity index is 647. The minimum absolute atomic E-state index is 0.242. The van der Waals surface area contributed by atoms with Crippen molar-refractivity contribution in [3.8, 4) is 0 Å². The lowest BCUT2D eigenvalue weighted by atomic mass is 9.93. The molecule has 6 heteroatoms. The Morgan fingerprint density at radius 3 is 3.00 bits per heavy atom. The minimum atomic E-state index is -0.437. The van der Waals surface area contributed by atoms with E-state index < -0.39 is 5.92 Å². The monoisotopic (exact) mass is 245 g/mol. The number of hydrogen-bond donors (Lipinski definition) is 2. The van der Waals surface area contributed by atoms with E-state index in [1.165, 1.54) is 0 Å². The van der Waals surface area contributed by atoms with E-state index in [4.69, 9.17) is 10.3 Å². The number of fused-ring (bicyclic) bond motifs is 1. The van der Waals surface area contributed by atoms with Gasteiger partial charge in [0.1, 0.15) is 5.69 Å². The number of imide groups is 1. The highest BCUT2D eigenvalue weighted by molar-refractivity contribution is 6.02. The number of nitrogens with zero attached hydrogens (tertiary/aromatic N) is 1. The first kappa shape index (κ1) is 10.8. The normalized spacial score (nSPS) is 20.1.